The van der Waals surface area contributed by atoms with Gasteiger partial charge in [0.1, 0.15) is 6.10 Å². The Labute approximate surface area is 134 Å². The van der Waals surface area contributed by atoms with Crippen LogP contribution >= 0.6 is 22.9 Å². The van der Waals surface area contributed by atoms with Gasteiger partial charge in [-0.15, -0.1) is 11.3 Å². The topological polar surface area (TPSA) is 41.5 Å². The predicted molar refractivity (Wildman–Crippen MR) is 84.8 cm³/mol. The van der Waals surface area contributed by atoms with Crippen molar-refractivity contribution >= 4 is 22.9 Å². The van der Waals surface area contributed by atoms with Gasteiger partial charge in [-0.05, 0) is 31.4 Å². The van der Waals surface area contributed by atoms with Crippen LogP contribution in [0.1, 0.15) is 43.1 Å². The highest BCUT2D eigenvalue weighted by atomic mass is 35.5. The molecule has 3 aliphatic rings. The maximum Gasteiger partial charge on any atom is 0.101 e. The standard InChI is InChI=1S/C16H22ClNO2S/c17-13-4-3-12(21-13)11(19)9-18-14-10-5-8-20-15(10)16(14)6-1-2-7-16/h3-4,10-11,14-15,18-19H,1-2,5-9H2. The van der Waals surface area contributed by atoms with Crippen molar-refractivity contribution in [3.63, 3.8) is 0 Å². The van der Waals surface area contributed by atoms with Crippen molar-refractivity contribution in [3.8, 4) is 0 Å². The molecule has 0 bridgehead atoms. The molecule has 21 heavy (non-hydrogen) atoms. The van der Waals surface area contributed by atoms with Gasteiger partial charge in [-0.25, -0.2) is 0 Å². The lowest BCUT2D eigenvalue weighted by molar-refractivity contribution is -0.131. The van der Waals surface area contributed by atoms with Crippen molar-refractivity contribution in [1.29, 1.82) is 0 Å². The van der Waals surface area contributed by atoms with Gasteiger partial charge in [0.15, 0.2) is 0 Å². The van der Waals surface area contributed by atoms with E-state index in [1.165, 1.54) is 43.4 Å². The quantitative estimate of drug-likeness (QED) is 0.891. The van der Waals surface area contributed by atoms with E-state index >= 15 is 0 Å². The van der Waals surface area contributed by atoms with Crippen molar-refractivity contribution in [2.45, 2.75) is 50.4 Å². The maximum absolute atomic E-state index is 10.3. The molecule has 1 aromatic heterocycles. The number of halogens is 1. The van der Waals surface area contributed by atoms with Gasteiger partial charge >= 0.3 is 0 Å². The smallest absolute Gasteiger partial charge is 0.101 e. The van der Waals surface area contributed by atoms with Crippen molar-refractivity contribution < 1.29 is 9.84 Å². The lowest BCUT2D eigenvalue weighted by Crippen LogP contribution is -2.67. The minimum atomic E-state index is -0.456. The number of hydrogen-bond donors (Lipinski definition) is 2. The van der Waals surface area contributed by atoms with Crippen LogP contribution in [0.25, 0.3) is 0 Å². The van der Waals surface area contributed by atoms with Crippen LogP contribution in [0.4, 0.5) is 0 Å². The Morgan fingerprint density at radius 1 is 1.43 bits per heavy atom. The summed E-state index contributed by atoms with van der Waals surface area (Å²) in [7, 11) is 0. The van der Waals surface area contributed by atoms with Crippen LogP contribution in [-0.2, 0) is 4.74 Å². The lowest BCUT2D eigenvalue weighted by Gasteiger charge is -2.57. The van der Waals surface area contributed by atoms with E-state index < -0.39 is 6.10 Å². The minimum Gasteiger partial charge on any atom is -0.386 e. The molecule has 4 rings (SSSR count). The summed E-state index contributed by atoms with van der Waals surface area (Å²) in [5.74, 6) is 0.655. The zero-order valence-corrected chi connectivity index (χ0v) is 13.6. The van der Waals surface area contributed by atoms with E-state index in [0.29, 0.717) is 30.0 Å². The molecule has 5 heteroatoms. The van der Waals surface area contributed by atoms with Crippen LogP contribution in [0.5, 0.6) is 0 Å². The predicted octanol–water partition coefficient (Wildman–Crippen LogP) is 3.37. The molecule has 2 aliphatic carbocycles. The number of fused-ring (bicyclic) bond motifs is 2. The number of rotatable bonds is 4. The third kappa shape index (κ3) is 2.27. The van der Waals surface area contributed by atoms with Crippen LogP contribution in [0, 0.1) is 11.3 Å². The Morgan fingerprint density at radius 3 is 2.95 bits per heavy atom. The highest BCUT2D eigenvalue weighted by Gasteiger charge is 2.64. The second-order valence-electron chi connectivity index (χ2n) is 6.73. The van der Waals surface area contributed by atoms with E-state index in [2.05, 4.69) is 5.32 Å². The summed E-state index contributed by atoms with van der Waals surface area (Å²) in [6, 6.07) is 4.30. The highest BCUT2D eigenvalue weighted by molar-refractivity contribution is 7.16. The molecule has 2 N–H and O–H groups in total. The Balaban J connectivity index is 1.42. The lowest BCUT2D eigenvalue weighted by atomic mass is 9.54. The van der Waals surface area contributed by atoms with Crippen LogP contribution in [0.3, 0.4) is 0 Å². The minimum absolute atomic E-state index is 0.355. The number of hydrogen-bond acceptors (Lipinski definition) is 4. The van der Waals surface area contributed by atoms with E-state index in [0.717, 1.165) is 15.8 Å². The largest absolute Gasteiger partial charge is 0.386 e. The third-order valence-electron chi connectivity index (χ3n) is 5.74. The zero-order chi connectivity index (χ0) is 14.4. The Kier molecular flexibility index (Phi) is 3.79. The van der Waals surface area contributed by atoms with Crippen molar-refractivity contribution in [2.24, 2.45) is 11.3 Å². The first-order valence-corrected chi connectivity index (χ1v) is 9.18. The summed E-state index contributed by atoms with van der Waals surface area (Å²) in [6.07, 6.45) is 6.42. The van der Waals surface area contributed by atoms with Crippen LogP contribution in [0.15, 0.2) is 12.1 Å². The molecule has 3 nitrogen and oxygen atoms in total. The van der Waals surface area contributed by atoms with Crippen LogP contribution in [0.2, 0.25) is 4.34 Å². The molecule has 2 heterocycles. The first kappa shape index (κ1) is 14.5. The van der Waals surface area contributed by atoms with Gasteiger partial charge in [-0.3, -0.25) is 0 Å². The summed E-state index contributed by atoms with van der Waals surface area (Å²) in [6.45, 7) is 1.53. The molecule has 1 aromatic rings. The Bertz CT molecular complexity index is 514. The monoisotopic (exact) mass is 327 g/mol. The second-order valence-corrected chi connectivity index (χ2v) is 8.47. The molecule has 116 valence electrons. The first-order valence-electron chi connectivity index (χ1n) is 7.99. The average Bonchev–Trinajstić information content (AvgIpc) is 3.16. The molecule has 3 fully saturated rings. The van der Waals surface area contributed by atoms with Crippen molar-refractivity contribution in [2.75, 3.05) is 13.2 Å². The van der Waals surface area contributed by atoms with E-state index in [9.17, 15) is 5.11 Å². The molecule has 0 radical (unpaired) electrons. The van der Waals surface area contributed by atoms with Gasteiger partial charge in [0.25, 0.3) is 0 Å². The summed E-state index contributed by atoms with van der Waals surface area (Å²) >= 11 is 7.41. The second kappa shape index (κ2) is 5.50. The fourth-order valence-corrected chi connectivity index (χ4v) is 5.90. The summed E-state index contributed by atoms with van der Waals surface area (Å²) in [5.41, 5.74) is 0.355. The Hall–Kier alpha value is -0.130. The molecule has 4 unspecified atom stereocenters. The maximum atomic E-state index is 10.3. The van der Waals surface area contributed by atoms with E-state index in [-0.39, 0.29) is 0 Å². The van der Waals surface area contributed by atoms with Crippen molar-refractivity contribution in [3.05, 3.63) is 21.3 Å². The molecule has 1 saturated heterocycles. The van der Waals surface area contributed by atoms with Gasteiger partial charge in [0.2, 0.25) is 0 Å². The average molecular weight is 328 g/mol. The number of aliphatic hydroxyl groups is 1. The number of thiophene rings is 1. The summed E-state index contributed by atoms with van der Waals surface area (Å²) in [4.78, 5) is 0.950. The van der Waals surface area contributed by atoms with E-state index in [1.54, 1.807) is 0 Å². The SMILES string of the molecule is OC(CNC1C2CCOC2C12CCCC2)c1ccc(Cl)s1. The molecule has 0 amide bonds. The molecule has 2 saturated carbocycles. The van der Waals surface area contributed by atoms with Gasteiger partial charge < -0.3 is 15.2 Å². The molecule has 4 atom stereocenters. The first-order chi connectivity index (χ1) is 10.2. The molecule has 1 spiro atoms. The van der Waals surface area contributed by atoms with Crippen LogP contribution < -0.4 is 5.32 Å². The molecule has 0 aromatic carbocycles. The fourth-order valence-electron chi connectivity index (χ4n) is 4.85. The summed E-state index contributed by atoms with van der Waals surface area (Å²) in [5, 5.41) is 14.0. The molecule has 1 aliphatic heterocycles. The van der Waals surface area contributed by atoms with Gasteiger partial charge in [-0.1, -0.05) is 24.4 Å². The Morgan fingerprint density at radius 2 is 2.24 bits per heavy atom. The van der Waals surface area contributed by atoms with Crippen LogP contribution in [-0.4, -0.2) is 30.4 Å². The van der Waals surface area contributed by atoms with E-state index in [1.807, 2.05) is 12.1 Å². The third-order valence-corrected chi connectivity index (χ3v) is 7.07. The number of ether oxygens (including phenoxy) is 1. The van der Waals surface area contributed by atoms with Gasteiger partial charge in [0.05, 0.1) is 10.4 Å². The number of aliphatic hydroxyl groups excluding tert-OH is 1. The normalized spacial score (nSPS) is 34.9. The van der Waals surface area contributed by atoms with Gasteiger partial charge in [0, 0.05) is 35.4 Å². The highest BCUT2D eigenvalue weighted by Crippen LogP contribution is 2.60. The van der Waals surface area contributed by atoms with E-state index in [4.69, 9.17) is 16.3 Å². The van der Waals surface area contributed by atoms with Gasteiger partial charge in [-0.2, -0.15) is 0 Å². The molecular formula is C16H22ClNO2S. The molecular weight excluding hydrogens is 306 g/mol. The number of nitrogens with one attached hydrogen (secondary N) is 1. The zero-order valence-electron chi connectivity index (χ0n) is 12.1. The fraction of sp³-hybridized carbons (Fsp3) is 0.750. The van der Waals surface area contributed by atoms with Crippen molar-refractivity contribution in [1.82, 2.24) is 5.32 Å². The summed E-state index contributed by atoms with van der Waals surface area (Å²) < 4.78 is 6.74.